The molecule has 0 radical (unpaired) electrons. The maximum atomic E-state index is 11.7. The van der Waals surface area contributed by atoms with Gasteiger partial charge in [-0.1, -0.05) is 0 Å². The van der Waals surface area contributed by atoms with E-state index in [9.17, 15) is 8.42 Å². The summed E-state index contributed by atoms with van der Waals surface area (Å²) in [5.74, 6) is 0. The van der Waals surface area contributed by atoms with Gasteiger partial charge in [-0.3, -0.25) is 0 Å². The third-order valence-corrected chi connectivity index (χ3v) is 4.61. The molecule has 3 nitrogen and oxygen atoms in total. The fourth-order valence-electron chi connectivity index (χ4n) is 0.710. The molecule has 0 aliphatic rings. The molecule has 0 aliphatic carbocycles. The molecule has 0 spiro atoms. The summed E-state index contributed by atoms with van der Waals surface area (Å²) in [7, 11) is -1.53. The summed E-state index contributed by atoms with van der Waals surface area (Å²) in [5, 5.41) is 0. The molecule has 0 heterocycles. The highest BCUT2D eigenvalue weighted by atomic mass is 32.2. The Morgan fingerprint density at radius 3 is 1.58 bits per heavy atom. The predicted molar refractivity (Wildman–Crippen MR) is 51.6 cm³/mol. The van der Waals surface area contributed by atoms with Gasteiger partial charge in [0.15, 0.2) is 0 Å². The Kier molecular flexibility index (Phi) is 3.32. The molecule has 4 heteroatoms. The summed E-state index contributed by atoms with van der Waals surface area (Å²) in [5.41, 5.74) is 0. The third kappa shape index (κ3) is 2.20. The average molecular weight is 193 g/mol. The minimum absolute atomic E-state index is 0.0224. The summed E-state index contributed by atoms with van der Waals surface area (Å²) in [6.07, 6.45) is 0. The van der Waals surface area contributed by atoms with Gasteiger partial charge in [-0.25, -0.2) is 12.7 Å². The first kappa shape index (κ1) is 11.9. The van der Waals surface area contributed by atoms with Crippen LogP contribution in [0.25, 0.3) is 0 Å². The Bertz CT molecular complexity index is 236. The van der Waals surface area contributed by atoms with E-state index >= 15 is 0 Å². The van der Waals surface area contributed by atoms with Crippen LogP contribution in [-0.2, 0) is 10.0 Å². The Labute approximate surface area is 75.8 Å². The van der Waals surface area contributed by atoms with Crippen molar-refractivity contribution in [2.45, 2.75) is 45.4 Å². The van der Waals surface area contributed by atoms with Crippen molar-refractivity contribution in [1.82, 2.24) is 4.31 Å². The van der Waals surface area contributed by atoms with Crippen molar-refractivity contribution >= 4 is 10.0 Å². The monoisotopic (exact) mass is 193 g/mol. The van der Waals surface area contributed by atoms with E-state index in [4.69, 9.17) is 0 Å². The standard InChI is InChI=1S/C8H19NO2S/c1-7(2)9(6)12(10,11)8(3,4)5/h7H,1-6H3. The molecule has 74 valence electrons. The van der Waals surface area contributed by atoms with Crippen LogP contribution in [0.2, 0.25) is 0 Å². The van der Waals surface area contributed by atoms with Gasteiger partial charge in [0.2, 0.25) is 10.0 Å². The zero-order chi connectivity index (χ0) is 10.2. The van der Waals surface area contributed by atoms with Crippen molar-refractivity contribution in [3.05, 3.63) is 0 Å². The van der Waals surface area contributed by atoms with E-state index in [2.05, 4.69) is 0 Å². The number of sulfonamides is 1. The maximum Gasteiger partial charge on any atom is 0.219 e. The van der Waals surface area contributed by atoms with E-state index in [1.165, 1.54) is 4.31 Å². The minimum Gasteiger partial charge on any atom is -0.212 e. The van der Waals surface area contributed by atoms with E-state index in [0.717, 1.165) is 0 Å². The Balaban J connectivity index is 4.89. The molecule has 0 atom stereocenters. The van der Waals surface area contributed by atoms with Gasteiger partial charge in [-0.15, -0.1) is 0 Å². The Morgan fingerprint density at radius 1 is 1.17 bits per heavy atom. The first-order valence-electron chi connectivity index (χ1n) is 4.08. The zero-order valence-electron chi connectivity index (χ0n) is 8.75. The van der Waals surface area contributed by atoms with Crippen LogP contribution >= 0.6 is 0 Å². The molecule has 0 aromatic heterocycles. The molecule has 12 heavy (non-hydrogen) atoms. The van der Waals surface area contributed by atoms with Crippen molar-refractivity contribution < 1.29 is 8.42 Å². The van der Waals surface area contributed by atoms with E-state index < -0.39 is 14.8 Å². The van der Waals surface area contributed by atoms with Crippen LogP contribution in [0.15, 0.2) is 0 Å². The molecule has 0 amide bonds. The maximum absolute atomic E-state index is 11.7. The normalized spacial score (nSPS) is 14.3. The lowest BCUT2D eigenvalue weighted by molar-refractivity contribution is 0.394. The van der Waals surface area contributed by atoms with Crippen LogP contribution in [0, 0.1) is 0 Å². The quantitative estimate of drug-likeness (QED) is 0.665. The van der Waals surface area contributed by atoms with Crippen LogP contribution in [0.3, 0.4) is 0 Å². The molecule has 0 unspecified atom stereocenters. The summed E-state index contributed by atoms with van der Waals surface area (Å²) in [4.78, 5) is 0. The number of rotatable bonds is 2. The molecule has 0 N–H and O–H groups in total. The molecule has 0 rings (SSSR count). The van der Waals surface area contributed by atoms with E-state index in [1.54, 1.807) is 27.8 Å². The highest BCUT2D eigenvalue weighted by Crippen LogP contribution is 2.20. The third-order valence-electron chi connectivity index (χ3n) is 1.88. The lowest BCUT2D eigenvalue weighted by Crippen LogP contribution is -2.43. The Hall–Kier alpha value is -0.0900. The lowest BCUT2D eigenvalue weighted by atomic mass is 10.3. The second-order valence-electron chi connectivity index (χ2n) is 4.23. The second kappa shape index (κ2) is 3.34. The van der Waals surface area contributed by atoms with Gasteiger partial charge in [0, 0.05) is 13.1 Å². The molecule has 0 aromatic carbocycles. The van der Waals surface area contributed by atoms with Gasteiger partial charge in [-0.05, 0) is 34.6 Å². The van der Waals surface area contributed by atoms with Crippen LogP contribution in [0.5, 0.6) is 0 Å². The molecule has 0 aliphatic heterocycles. The van der Waals surface area contributed by atoms with Crippen LogP contribution in [-0.4, -0.2) is 30.6 Å². The molecule has 0 saturated carbocycles. The predicted octanol–water partition coefficient (Wildman–Crippen LogP) is 1.45. The van der Waals surface area contributed by atoms with Gasteiger partial charge >= 0.3 is 0 Å². The summed E-state index contributed by atoms with van der Waals surface area (Å²) in [6, 6.07) is 0.0224. The van der Waals surface area contributed by atoms with Gasteiger partial charge < -0.3 is 0 Å². The van der Waals surface area contributed by atoms with Crippen LogP contribution < -0.4 is 0 Å². The largest absolute Gasteiger partial charge is 0.219 e. The summed E-state index contributed by atoms with van der Waals surface area (Å²) < 4.78 is 24.1. The van der Waals surface area contributed by atoms with Crippen molar-refractivity contribution in [2.75, 3.05) is 7.05 Å². The van der Waals surface area contributed by atoms with Crippen molar-refractivity contribution in [3.8, 4) is 0 Å². The second-order valence-corrected chi connectivity index (χ2v) is 6.98. The highest BCUT2D eigenvalue weighted by Gasteiger charge is 2.33. The summed E-state index contributed by atoms with van der Waals surface area (Å²) in [6.45, 7) is 8.86. The zero-order valence-corrected chi connectivity index (χ0v) is 9.57. The number of nitrogens with zero attached hydrogens (tertiary/aromatic N) is 1. The lowest BCUT2D eigenvalue weighted by Gasteiger charge is -2.29. The smallest absolute Gasteiger partial charge is 0.212 e. The average Bonchev–Trinajstić information content (AvgIpc) is 1.83. The molecule has 0 fully saturated rings. The van der Waals surface area contributed by atoms with Crippen molar-refractivity contribution in [3.63, 3.8) is 0 Å². The number of hydrogen-bond acceptors (Lipinski definition) is 2. The van der Waals surface area contributed by atoms with Gasteiger partial charge in [-0.2, -0.15) is 0 Å². The van der Waals surface area contributed by atoms with Crippen molar-refractivity contribution in [1.29, 1.82) is 0 Å². The highest BCUT2D eigenvalue weighted by molar-refractivity contribution is 7.90. The molecule has 0 bridgehead atoms. The fourth-order valence-corrected chi connectivity index (χ4v) is 2.13. The molecule has 0 aromatic rings. The van der Waals surface area contributed by atoms with Crippen molar-refractivity contribution in [2.24, 2.45) is 0 Å². The minimum atomic E-state index is -3.14. The molecular formula is C8H19NO2S. The van der Waals surface area contributed by atoms with E-state index in [-0.39, 0.29) is 6.04 Å². The van der Waals surface area contributed by atoms with Gasteiger partial charge in [0.1, 0.15) is 0 Å². The number of hydrogen-bond donors (Lipinski definition) is 0. The fraction of sp³-hybridized carbons (Fsp3) is 1.00. The van der Waals surface area contributed by atoms with E-state index in [0.29, 0.717) is 0 Å². The SMILES string of the molecule is CC(C)N(C)S(=O)(=O)C(C)(C)C. The van der Waals surface area contributed by atoms with Gasteiger partial charge in [0.05, 0.1) is 4.75 Å². The molecule has 0 saturated heterocycles. The van der Waals surface area contributed by atoms with E-state index in [1.807, 2.05) is 13.8 Å². The van der Waals surface area contributed by atoms with Crippen LogP contribution in [0.4, 0.5) is 0 Å². The first-order valence-corrected chi connectivity index (χ1v) is 5.52. The molecular weight excluding hydrogens is 174 g/mol. The van der Waals surface area contributed by atoms with Gasteiger partial charge in [0.25, 0.3) is 0 Å². The summed E-state index contributed by atoms with van der Waals surface area (Å²) >= 11 is 0. The topological polar surface area (TPSA) is 37.4 Å². The Morgan fingerprint density at radius 2 is 1.50 bits per heavy atom. The van der Waals surface area contributed by atoms with Crippen LogP contribution in [0.1, 0.15) is 34.6 Å². The first-order chi connectivity index (χ1) is 5.10.